The molecule has 0 atom stereocenters. The molecular formula is C14H20N2O. The van der Waals surface area contributed by atoms with Gasteiger partial charge >= 0.3 is 0 Å². The molecule has 1 aromatic rings. The highest BCUT2D eigenvalue weighted by molar-refractivity contribution is 5.71. The van der Waals surface area contributed by atoms with E-state index in [0.29, 0.717) is 5.41 Å². The minimum atomic E-state index is 0.465. The van der Waals surface area contributed by atoms with Crippen molar-refractivity contribution in [2.45, 2.75) is 25.7 Å². The van der Waals surface area contributed by atoms with Crippen LogP contribution in [0.15, 0.2) is 18.2 Å². The number of ether oxygens (including phenoxy) is 1. The molecule has 3 rings (SSSR count). The molecule has 2 aliphatic rings. The number of methoxy groups -OCH3 is 1. The van der Waals surface area contributed by atoms with Crippen LogP contribution in [0.2, 0.25) is 0 Å². The fourth-order valence-corrected chi connectivity index (χ4v) is 3.06. The predicted octanol–water partition coefficient (Wildman–Crippen LogP) is 3.09. The zero-order valence-corrected chi connectivity index (χ0v) is 10.4. The third kappa shape index (κ3) is 1.94. The normalized spacial score (nSPS) is 21.2. The van der Waals surface area contributed by atoms with Crippen molar-refractivity contribution in [3.05, 3.63) is 18.2 Å². The third-order valence-electron chi connectivity index (χ3n) is 4.20. The summed E-state index contributed by atoms with van der Waals surface area (Å²) in [5, 5.41) is 7.18. The van der Waals surface area contributed by atoms with Crippen LogP contribution in [0, 0.1) is 5.41 Å². The van der Waals surface area contributed by atoms with Crippen LogP contribution in [-0.2, 0) is 0 Å². The van der Waals surface area contributed by atoms with Crippen LogP contribution >= 0.6 is 0 Å². The number of benzene rings is 1. The van der Waals surface area contributed by atoms with E-state index in [1.54, 1.807) is 7.11 Å². The van der Waals surface area contributed by atoms with Gasteiger partial charge in [-0.25, -0.2) is 0 Å². The van der Waals surface area contributed by atoms with Crippen molar-refractivity contribution in [2.75, 3.05) is 30.8 Å². The molecule has 0 bridgehead atoms. The van der Waals surface area contributed by atoms with Crippen LogP contribution in [0.4, 0.5) is 11.4 Å². The maximum Gasteiger partial charge on any atom is 0.121 e. The first-order valence-corrected chi connectivity index (χ1v) is 6.47. The van der Waals surface area contributed by atoms with E-state index in [0.717, 1.165) is 18.8 Å². The Hall–Kier alpha value is -1.38. The molecule has 1 saturated carbocycles. The summed E-state index contributed by atoms with van der Waals surface area (Å²) in [4.78, 5) is 0. The highest BCUT2D eigenvalue weighted by Crippen LogP contribution is 2.41. The number of hydrogen-bond acceptors (Lipinski definition) is 3. The maximum atomic E-state index is 5.27. The van der Waals surface area contributed by atoms with E-state index in [2.05, 4.69) is 22.8 Å². The van der Waals surface area contributed by atoms with E-state index in [-0.39, 0.29) is 0 Å². The maximum absolute atomic E-state index is 5.27. The summed E-state index contributed by atoms with van der Waals surface area (Å²) in [5.41, 5.74) is 2.84. The van der Waals surface area contributed by atoms with E-state index >= 15 is 0 Å². The van der Waals surface area contributed by atoms with Gasteiger partial charge in [0.05, 0.1) is 18.5 Å². The average Bonchev–Trinajstić information content (AvgIpc) is 2.75. The first-order valence-electron chi connectivity index (χ1n) is 6.47. The zero-order valence-electron chi connectivity index (χ0n) is 10.4. The van der Waals surface area contributed by atoms with Gasteiger partial charge in [0.2, 0.25) is 0 Å². The highest BCUT2D eigenvalue weighted by Gasteiger charge is 2.35. The topological polar surface area (TPSA) is 33.3 Å². The summed E-state index contributed by atoms with van der Waals surface area (Å²) in [5.74, 6) is 0.917. The number of hydrogen-bond donors (Lipinski definition) is 2. The first-order chi connectivity index (χ1) is 8.31. The van der Waals surface area contributed by atoms with Crippen molar-refractivity contribution in [2.24, 2.45) is 5.41 Å². The van der Waals surface area contributed by atoms with E-state index < -0.39 is 0 Å². The summed E-state index contributed by atoms with van der Waals surface area (Å²) in [7, 11) is 1.71. The number of rotatable bonds is 1. The van der Waals surface area contributed by atoms with Gasteiger partial charge in [0.15, 0.2) is 0 Å². The SMILES string of the molecule is COc1ccc2c(c1)NCC1(CCCC1)CN2. The van der Waals surface area contributed by atoms with Gasteiger partial charge < -0.3 is 15.4 Å². The molecule has 1 aliphatic carbocycles. The quantitative estimate of drug-likeness (QED) is 0.780. The van der Waals surface area contributed by atoms with Gasteiger partial charge in [0, 0.05) is 24.6 Å². The molecule has 1 fully saturated rings. The Labute approximate surface area is 103 Å². The summed E-state index contributed by atoms with van der Waals surface area (Å²) in [6.07, 6.45) is 5.45. The molecule has 0 aromatic heterocycles. The molecule has 0 radical (unpaired) electrons. The minimum absolute atomic E-state index is 0.465. The third-order valence-corrected chi connectivity index (χ3v) is 4.20. The van der Waals surface area contributed by atoms with Crippen LogP contribution in [0.3, 0.4) is 0 Å². The molecule has 0 saturated heterocycles. The van der Waals surface area contributed by atoms with Gasteiger partial charge in [-0.15, -0.1) is 0 Å². The van der Waals surface area contributed by atoms with E-state index in [9.17, 15) is 0 Å². The largest absolute Gasteiger partial charge is 0.497 e. The Balaban J connectivity index is 1.84. The second kappa shape index (κ2) is 4.13. The molecular weight excluding hydrogens is 212 g/mol. The van der Waals surface area contributed by atoms with Gasteiger partial charge in [-0.05, 0) is 25.0 Å². The molecule has 17 heavy (non-hydrogen) atoms. The van der Waals surface area contributed by atoms with Crippen LogP contribution in [-0.4, -0.2) is 20.2 Å². The first kappa shape index (κ1) is 10.8. The highest BCUT2D eigenvalue weighted by atomic mass is 16.5. The van der Waals surface area contributed by atoms with Crippen molar-refractivity contribution in [1.29, 1.82) is 0 Å². The van der Waals surface area contributed by atoms with Crippen molar-refractivity contribution in [3.63, 3.8) is 0 Å². The van der Waals surface area contributed by atoms with Crippen LogP contribution < -0.4 is 15.4 Å². The van der Waals surface area contributed by atoms with Crippen molar-refractivity contribution in [1.82, 2.24) is 0 Å². The van der Waals surface area contributed by atoms with Crippen molar-refractivity contribution < 1.29 is 4.74 Å². The van der Waals surface area contributed by atoms with Crippen molar-refractivity contribution >= 4 is 11.4 Å². The van der Waals surface area contributed by atoms with Gasteiger partial charge in [-0.3, -0.25) is 0 Å². The second-order valence-corrected chi connectivity index (χ2v) is 5.33. The van der Waals surface area contributed by atoms with Crippen molar-refractivity contribution in [3.8, 4) is 5.75 Å². The molecule has 3 heteroatoms. The molecule has 1 spiro atoms. The Morgan fingerprint density at radius 3 is 2.47 bits per heavy atom. The lowest BCUT2D eigenvalue weighted by Gasteiger charge is -2.26. The van der Waals surface area contributed by atoms with Crippen LogP contribution in [0.1, 0.15) is 25.7 Å². The molecule has 92 valence electrons. The molecule has 1 aliphatic heterocycles. The second-order valence-electron chi connectivity index (χ2n) is 5.33. The average molecular weight is 232 g/mol. The Bertz CT molecular complexity index is 411. The summed E-state index contributed by atoms with van der Waals surface area (Å²) < 4.78 is 5.27. The van der Waals surface area contributed by atoms with Gasteiger partial charge in [-0.1, -0.05) is 12.8 Å². The summed E-state index contributed by atoms with van der Waals surface area (Å²) in [6.45, 7) is 2.18. The Morgan fingerprint density at radius 1 is 1.06 bits per heavy atom. The molecule has 1 heterocycles. The van der Waals surface area contributed by atoms with Gasteiger partial charge in [-0.2, -0.15) is 0 Å². The predicted molar refractivity (Wildman–Crippen MR) is 70.9 cm³/mol. The molecule has 0 amide bonds. The molecule has 0 unspecified atom stereocenters. The van der Waals surface area contributed by atoms with Crippen LogP contribution in [0.25, 0.3) is 0 Å². The zero-order chi connectivity index (χ0) is 11.7. The van der Waals surface area contributed by atoms with E-state index in [4.69, 9.17) is 4.74 Å². The molecule has 2 N–H and O–H groups in total. The van der Waals surface area contributed by atoms with E-state index in [1.165, 1.54) is 37.1 Å². The van der Waals surface area contributed by atoms with Crippen LogP contribution in [0.5, 0.6) is 5.75 Å². The lowest BCUT2D eigenvalue weighted by atomic mass is 9.86. The van der Waals surface area contributed by atoms with E-state index in [1.807, 2.05) is 6.07 Å². The fourth-order valence-electron chi connectivity index (χ4n) is 3.06. The number of fused-ring (bicyclic) bond motifs is 1. The standard InChI is InChI=1S/C14H20N2O/c1-17-11-4-5-12-13(8-11)16-10-14(9-15-12)6-2-3-7-14/h4-5,8,15-16H,2-3,6-7,9-10H2,1H3. The minimum Gasteiger partial charge on any atom is -0.497 e. The van der Waals surface area contributed by atoms with Gasteiger partial charge in [0.1, 0.15) is 5.75 Å². The summed E-state index contributed by atoms with van der Waals surface area (Å²) in [6, 6.07) is 6.20. The lowest BCUT2D eigenvalue weighted by molar-refractivity contribution is 0.346. The number of anilines is 2. The summed E-state index contributed by atoms with van der Waals surface area (Å²) >= 11 is 0. The lowest BCUT2D eigenvalue weighted by Crippen LogP contribution is -2.31. The number of nitrogens with one attached hydrogen (secondary N) is 2. The Kier molecular flexibility index (Phi) is 2.61. The Morgan fingerprint density at radius 2 is 1.76 bits per heavy atom. The van der Waals surface area contributed by atoms with Gasteiger partial charge in [0.25, 0.3) is 0 Å². The fraction of sp³-hybridized carbons (Fsp3) is 0.571. The molecule has 3 nitrogen and oxygen atoms in total. The monoisotopic (exact) mass is 232 g/mol. The smallest absolute Gasteiger partial charge is 0.121 e. The molecule has 1 aromatic carbocycles.